The Balaban J connectivity index is 0. The van der Waals surface area contributed by atoms with Crippen molar-refractivity contribution in [3.05, 3.63) is 0 Å². The van der Waals surface area contributed by atoms with Crippen molar-refractivity contribution in [2.45, 2.75) is 18.9 Å². The van der Waals surface area contributed by atoms with Gasteiger partial charge in [-0.3, -0.25) is 4.79 Å². The van der Waals surface area contributed by atoms with Gasteiger partial charge in [0.05, 0.1) is 25.0 Å². The summed E-state index contributed by atoms with van der Waals surface area (Å²) in [6.45, 7) is 0. The highest BCUT2D eigenvalue weighted by molar-refractivity contribution is 5.67. The van der Waals surface area contributed by atoms with Gasteiger partial charge < -0.3 is 16.4 Å². The number of hydrogen-bond acceptors (Lipinski definition) is 4. The van der Waals surface area contributed by atoms with Gasteiger partial charge in [0.1, 0.15) is 0 Å². The standard InChI is InChI=1S/C5H7NO3.H3N/c6-2-1-4(7)3-5(8)9;/h4,7H,1,3H2,(H,8,9);1H3. The van der Waals surface area contributed by atoms with Crippen LogP contribution in [0, 0.1) is 11.3 Å². The van der Waals surface area contributed by atoms with Gasteiger partial charge in [0.25, 0.3) is 0 Å². The summed E-state index contributed by atoms with van der Waals surface area (Å²) in [5.41, 5.74) is 0. The SMILES string of the molecule is N.N#CCC(O)CC(=O)O. The third-order valence-electron chi connectivity index (χ3n) is 0.737. The van der Waals surface area contributed by atoms with E-state index in [4.69, 9.17) is 15.5 Å². The lowest BCUT2D eigenvalue weighted by molar-refractivity contribution is -0.139. The molecule has 0 aromatic carbocycles. The van der Waals surface area contributed by atoms with Crippen LogP contribution in [0.2, 0.25) is 0 Å². The number of nitrogens with zero attached hydrogens (tertiary/aromatic N) is 1. The second kappa shape index (κ2) is 6.01. The van der Waals surface area contributed by atoms with E-state index < -0.39 is 12.1 Å². The highest BCUT2D eigenvalue weighted by atomic mass is 16.4. The van der Waals surface area contributed by atoms with Gasteiger partial charge in [0.2, 0.25) is 0 Å². The Morgan fingerprint density at radius 2 is 2.20 bits per heavy atom. The minimum absolute atomic E-state index is 0. The molecule has 58 valence electrons. The first-order valence-electron chi connectivity index (χ1n) is 2.43. The molecule has 5 N–H and O–H groups in total. The molecule has 5 nitrogen and oxygen atoms in total. The highest BCUT2D eigenvalue weighted by Gasteiger charge is 2.07. The van der Waals surface area contributed by atoms with Crippen molar-refractivity contribution in [1.29, 1.82) is 5.26 Å². The molecule has 0 heterocycles. The molecule has 0 spiro atoms. The lowest BCUT2D eigenvalue weighted by Gasteiger charge is -1.98. The highest BCUT2D eigenvalue weighted by Crippen LogP contribution is 1.94. The van der Waals surface area contributed by atoms with Gasteiger partial charge in [-0.2, -0.15) is 5.26 Å². The van der Waals surface area contributed by atoms with Gasteiger partial charge in [0.15, 0.2) is 0 Å². The zero-order valence-corrected chi connectivity index (χ0v) is 5.45. The fourth-order valence-corrected chi connectivity index (χ4v) is 0.379. The van der Waals surface area contributed by atoms with Gasteiger partial charge in [-0.15, -0.1) is 0 Å². The fraction of sp³-hybridized carbons (Fsp3) is 0.600. The van der Waals surface area contributed by atoms with Gasteiger partial charge in [-0.25, -0.2) is 0 Å². The first kappa shape index (κ1) is 11.6. The molecule has 0 aromatic rings. The molecular formula is C5H10N2O3. The number of carbonyl (C=O) groups is 1. The molecule has 0 aromatic heterocycles. The van der Waals surface area contributed by atoms with Crippen LogP contribution < -0.4 is 6.15 Å². The van der Waals surface area contributed by atoms with Gasteiger partial charge in [0, 0.05) is 0 Å². The molecule has 1 unspecified atom stereocenters. The third-order valence-corrected chi connectivity index (χ3v) is 0.737. The molecule has 0 aliphatic carbocycles. The van der Waals surface area contributed by atoms with Crippen molar-refractivity contribution >= 4 is 5.97 Å². The maximum Gasteiger partial charge on any atom is 0.306 e. The molecule has 0 fully saturated rings. The second-order valence-electron chi connectivity index (χ2n) is 1.61. The first-order chi connectivity index (χ1) is 4.16. The van der Waals surface area contributed by atoms with Gasteiger partial charge >= 0.3 is 5.97 Å². The largest absolute Gasteiger partial charge is 0.481 e. The van der Waals surface area contributed by atoms with Crippen LogP contribution in [0.3, 0.4) is 0 Å². The van der Waals surface area contributed by atoms with Crippen LogP contribution in [0.1, 0.15) is 12.8 Å². The zero-order chi connectivity index (χ0) is 7.28. The van der Waals surface area contributed by atoms with E-state index in [1.165, 1.54) is 0 Å². The average molecular weight is 146 g/mol. The topological polar surface area (TPSA) is 116 Å². The minimum Gasteiger partial charge on any atom is -0.481 e. The summed E-state index contributed by atoms with van der Waals surface area (Å²) in [5, 5.41) is 24.6. The van der Waals surface area contributed by atoms with E-state index in [1.54, 1.807) is 6.07 Å². The first-order valence-corrected chi connectivity index (χ1v) is 2.43. The average Bonchev–Trinajstić information content (AvgIpc) is 1.63. The molecule has 0 saturated carbocycles. The van der Waals surface area contributed by atoms with E-state index in [2.05, 4.69) is 0 Å². The molecule has 0 bridgehead atoms. The molecular weight excluding hydrogens is 136 g/mol. The van der Waals surface area contributed by atoms with Crippen molar-refractivity contribution in [1.82, 2.24) is 6.15 Å². The number of hydrogen-bond donors (Lipinski definition) is 3. The molecule has 10 heavy (non-hydrogen) atoms. The van der Waals surface area contributed by atoms with Crippen molar-refractivity contribution in [2.75, 3.05) is 0 Å². The molecule has 0 aliphatic rings. The van der Waals surface area contributed by atoms with Crippen LogP contribution in [0.15, 0.2) is 0 Å². The third kappa shape index (κ3) is 6.88. The predicted molar refractivity (Wildman–Crippen MR) is 33.5 cm³/mol. The fourth-order valence-electron chi connectivity index (χ4n) is 0.379. The Hall–Kier alpha value is -1.12. The van der Waals surface area contributed by atoms with Crippen LogP contribution in [-0.4, -0.2) is 22.3 Å². The second-order valence-corrected chi connectivity index (χ2v) is 1.61. The van der Waals surface area contributed by atoms with Crippen molar-refractivity contribution in [3.63, 3.8) is 0 Å². The Bertz CT molecular complexity index is 140. The predicted octanol–water partition coefficient (Wildman–Crippen LogP) is -0.102. The van der Waals surface area contributed by atoms with Gasteiger partial charge in [-0.1, -0.05) is 0 Å². The lowest BCUT2D eigenvalue weighted by Crippen LogP contribution is -2.11. The summed E-state index contributed by atoms with van der Waals surface area (Å²) in [6.07, 6.45) is -1.49. The number of rotatable bonds is 3. The Morgan fingerprint density at radius 3 is 2.50 bits per heavy atom. The van der Waals surface area contributed by atoms with E-state index in [1.807, 2.05) is 0 Å². The summed E-state index contributed by atoms with van der Waals surface area (Å²) in [4.78, 5) is 9.82. The van der Waals surface area contributed by atoms with Crippen LogP contribution in [0.5, 0.6) is 0 Å². The summed E-state index contributed by atoms with van der Waals surface area (Å²) in [6, 6.07) is 1.66. The number of aliphatic hydroxyl groups is 1. The van der Waals surface area contributed by atoms with Crippen LogP contribution >= 0.6 is 0 Å². The maximum atomic E-state index is 9.82. The Morgan fingerprint density at radius 1 is 1.70 bits per heavy atom. The Labute approximate surface area is 58.5 Å². The summed E-state index contributed by atoms with van der Waals surface area (Å²) in [5.74, 6) is -1.09. The van der Waals surface area contributed by atoms with E-state index in [0.717, 1.165) is 0 Å². The minimum atomic E-state index is -1.09. The van der Waals surface area contributed by atoms with E-state index in [9.17, 15) is 4.79 Å². The van der Waals surface area contributed by atoms with Crippen molar-refractivity contribution in [2.24, 2.45) is 0 Å². The molecule has 5 heteroatoms. The molecule has 0 rings (SSSR count). The van der Waals surface area contributed by atoms with E-state index in [0.29, 0.717) is 0 Å². The molecule has 0 saturated heterocycles. The van der Waals surface area contributed by atoms with Crippen LogP contribution in [0.4, 0.5) is 0 Å². The number of nitriles is 1. The quantitative estimate of drug-likeness (QED) is 0.513. The molecule has 1 atom stereocenters. The zero-order valence-electron chi connectivity index (χ0n) is 5.45. The summed E-state index contributed by atoms with van der Waals surface area (Å²) < 4.78 is 0. The van der Waals surface area contributed by atoms with Crippen molar-refractivity contribution in [3.8, 4) is 6.07 Å². The normalized spacial score (nSPS) is 10.8. The summed E-state index contributed by atoms with van der Waals surface area (Å²) in [7, 11) is 0. The number of aliphatic carboxylic acids is 1. The van der Waals surface area contributed by atoms with Gasteiger partial charge in [-0.05, 0) is 0 Å². The van der Waals surface area contributed by atoms with Crippen molar-refractivity contribution < 1.29 is 15.0 Å². The maximum absolute atomic E-state index is 9.82. The smallest absolute Gasteiger partial charge is 0.306 e. The monoisotopic (exact) mass is 146 g/mol. The molecule has 0 amide bonds. The number of aliphatic hydroxyl groups excluding tert-OH is 1. The number of carboxylic acid groups (broad SMARTS) is 1. The summed E-state index contributed by atoms with van der Waals surface area (Å²) >= 11 is 0. The van der Waals surface area contributed by atoms with E-state index in [-0.39, 0.29) is 19.0 Å². The lowest BCUT2D eigenvalue weighted by atomic mass is 10.2. The number of carboxylic acids is 1. The molecule has 0 radical (unpaired) electrons. The molecule has 0 aliphatic heterocycles. The Kier molecular flexibility index (Phi) is 7.00. The van der Waals surface area contributed by atoms with Crippen LogP contribution in [0.25, 0.3) is 0 Å². The van der Waals surface area contributed by atoms with E-state index >= 15 is 0 Å². The van der Waals surface area contributed by atoms with Crippen LogP contribution in [-0.2, 0) is 4.79 Å².